The minimum absolute atomic E-state index is 0.0916. The molecule has 2 bridgehead atoms. The molecular weight excluding hydrogens is 412 g/mol. The quantitative estimate of drug-likeness (QED) is 0.474. The minimum atomic E-state index is -1.13. The van der Waals surface area contributed by atoms with Crippen LogP contribution in [0, 0.1) is 34.0 Å². The van der Waals surface area contributed by atoms with Crippen LogP contribution in [0.5, 0.6) is 0 Å². The summed E-state index contributed by atoms with van der Waals surface area (Å²) in [6, 6.07) is 10.3. The third kappa shape index (κ3) is 2.73. The average molecular weight is 455 g/mol. The largest absolute Gasteiger partial charge is 0.392 e. The monoisotopic (exact) mass is 454 g/mol. The van der Waals surface area contributed by atoms with E-state index in [9.17, 15) is 20.4 Å². The number of allylic oxidation sites excluding steroid dienone is 1. The van der Waals surface area contributed by atoms with E-state index in [2.05, 4.69) is 26.0 Å². The molecule has 3 saturated carbocycles. The Labute approximate surface area is 198 Å². The number of aliphatic hydroxyl groups excluding tert-OH is 3. The van der Waals surface area contributed by atoms with Crippen molar-refractivity contribution in [1.29, 1.82) is 0 Å². The van der Waals surface area contributed by atoms with Crippen molar-refractivity contribution in [2.75, 3.05) is 0 Å². The van der Waals surface area contributed by atoms with Crippen molar-refractivity contribution >= 4 is 0 Å². The molecule has 0 aliphatic heterocycles. The Morgan fingerprint density at radius 3 is 2.18 bits per heavy atom. The summed E-state index contributed by atoms with van der Waals surface area (Å²) in [7, 11) is 0. The van der Waals surface area contributed by atoms with Gasteiger partial charge < -0.3 is 20.4 Å². The first kappa shape index (κ1) is 23.5. The van der Waals surface area contributed by atoms with E-state index in [1.54, 1.807) is 0 Å². The van der Waals surface area contributed by atoms with Crippen molar-refractivity contribution in [3.63, 3.8) is 0 Å². The zero-order chi connectivity index (χ0) is 24.1. The fourth-order valence-electron chi connectivity index (χ4n) is 9.05. The van der Waals surface area contributed by atoms with Crippen LogP contribution in [0.1, 0.15) is 78.7 Å². The van der Waals surface area contributed by atoms with Crippen LogP contribution in [0.3, 0.4) is 0 Å². The summed E-state index contributed by atoms with van der Waals surface area (Å²) in [5.41, 5.74) is -0.0344. The van der Waals surface area contributed by atoms with Crippen LogP contribution >= 0.6 is 0 Å². The molecule has 0 saturated heterocycles. The van der Waals surface area contributed by atoms with Crippen molar-refractivity contribution in [1.82, 2.24) is 0 Å². The van der Waals surface area contributed by atoms with E-state index in [1.807, 2.05) is 45.9 Å². The smallest absolute Gasteiger partial charge is 0.102 e. The van der Waals surface area contributed by atoms with E-state index in [0.717, 1.165) is 29.6 Å². The molecule has 1 aromatic carbocycles. The maximum atomic E-state index is 12.9. The highest BCUT2D eigenvalue weighted by molar-refractivity contribution is 5.42. The molecule has 4 aliphatic carbocycles. The van der Waals surface area contributed by atoms with Crippen LogP contribution < -0.4 is 0 Å². The molecule has 182 valence electrons. The SMILES string of the molecule is CC1=C2[C@@H](O)[C@H](O)[C@@]3(C)C(C(c4ccccc4)[C@](O)(C[C@@H]1C)C2(C)C)[C@]1(C)CC[C@@H]1C[C@@H]3O. The molecule has 0 radical (unpaired) electrons. The Morgan fingerprint density at radius 2 is 1.61 bits per heavy atom. The predicted molar refractivity (Wildman–Crippen MR) is 129 cm³/mol. The number of aliphatic hydroxyl groups is 4. The van der Waals surface area contributed by atoms with Gasteiger partial charge in [0.2, 0.25) is 0 Å². The van der Waals surface area contributed by atoms with Crippen molar-refractivity contribution < 1.29 is 20.4 Å². The van der Waals surface area contributed by atoms with E-state index in [0.29, 0.717) is 18.8 Å². The molecule has 1 aromatic rings. The van der Waals surface area contributed by atoms with Crippen LogP contribution in [-0.2, 0) is 0 Å². The number of hydrogen-bond acceptors (Lipinski definition) is 4. The lowest BCUT2D eigenvalue weighted by molar-refractivity contribution is -0.268. The van der Waals surface area contributed by atoms with Crippen molar-refractivity contribution in [2.24, 2.45) is 34.0 Å². The summed E-state index contributed by atoms with van der Waals surface area (Å²) < 4.78 is 0. The van der Waals surface area contributed by atoms with Gasteiger partial charge in [0.1, 0.15) is 6.10 Å². The van der Waals surface area contributed by atoms with Crippen LogP contribution in [0.2, 0.25) is 0 Å². The molecule has 4 N–H and O–H groups in total. The van der Waals surface area contributed by atoms with Crippen molar-refractivity contribution in [2.45, 2.75) is 97.1 Å². The fraction of sp³-hybridized carbons (Fsp3) is 0.724. The van der Waals surface area contributed by atoms with Gasteiger partial charge >= 0.3 is 0 Å². The molecule has 33 heavy (non-hydrogen) atoms. The van der Waals surface area contributed by atoms with E-state index < -0.39 is 34.7 Å². The third-order valence-electron chi connectivity index (χ3n) is 11.3. The van der Waals surface area contributed by atoms with E-state index in [4.69, 9.17) is 0 Å². The maximum Gasteiger partial charge on any atom is 0.102 e. The average Bonchev–Trinajstić information content (AvgIpc) is 2.76. The summed E-state index contributed by atoms with van der Waals surface area (Å²) >= 11 is 0. The normalized spacial score (nSPS) is 51.0. The second kappa shape index (κ2) is 7.16. The molecule has 5 rings (SSSR count). The van der Waals surface area contributed by atoms with Gasteiger partial charge in [0.05, 0.1) is 17.8 Å². The Hall–Kier alpha value is -1.20. The molecule has 3 fully saturated rings. The molecule has 0 amide bonds. The summed E-state index contributed by atoms with van der Waals surface area (Å²) in [5, 5.41) is 48.2. The molecule has 10 atom stereocenters. The first-order valence-electron chi connectivity index (χ1n) is 12.8. The molecule has 0 spiro atoms. The van der Waals surface area contributed by atoms with E-state index in [-0.39, 0.29) is 23.2 Å². The second-order valence-electron chi connectivity index (χ2n) is 12.9. The molecule has 0 aromatic heterocycles. The van der Waals surface area contributed by atoms with Gasteiger partial charge in [0.25, 0.3) is 0 Å². The van der Waals surface area contributed by atoms with Crippen molar-refractivity contribution in [3.8, 4) is 0 Å². The highest BCUT2D eigenvalue weighted by atomic mass is 16.3. The van der Waals surface area contributed by atoms with Crippen LogP contribution in [0.25, 0.3) is 0 Å². The van der Waals surface area contributed by atoms with Gasteiger partial charge in [0.15, 0.2) is 0 Å². The van der Waals surface area contributed by atoms with Crippen LogP contribution in [0.4, 0.5) is 0 Å². The van der Waals surface area contributed by atoms with E-state index >= 15 is 0 Å². The zero-order valence-corrected chi connectivity index (χ0v) is 21.0. The Morgan fingerprint density at radius 1 is 0.970 bits per heavy atom. The van der Waals surface area contributed by atoms with Gasteiger partial charge in [-0.05, 0) is 66.9 Å². The Kier molecular flexibility index (Phi) is 5.11. The molecule has 4 nitrogen and oxygen atoms in total. The lowest BCUT2D eigenvalue weighted by Crippen LogP contribution is -2.72. The summed E-state index contributed by atoms with van der Waals surface area (Å²) in [5.74, 6) is 0.0177. The minimum Gasteiger partial charge on any atom is -0.392 e. The topological polar surface area (TPSA) is 80.9 Å². The Balaban J connectivity index is 1.87. The van der Waals surface area contributed by atoms with E-state index in [1.165, 1.54) is 0 Å². The molecule has 4 aliphatic rings. The number of hydrogen-bond donors (Lipinski definition) is 4. The lowest BCUT2D eigenvalue weighted by atomic mass is 9.35. The fourth-order valence-corrected chi connectivity index (χ4v) is 9.05. The van der Waals surface area contributed by atoms with Crippen LogP contribution in [0.15, 0.2) is 41.5 Å². The van der Waals surface area contributed by atoms with Gasteiger partial charge in [-0.2, -0.15) is 0 Å². The molecule has 4 heteroatoms. The van der Waals surface area contributed by atoms with Gasteiger partial charge in [-0.1, -0.05) is 70.5 Å². The first-order valence-corrected chi connectivity index (χ1v) is 12.8. The van der Waals surface area contributed by atoms with Gasteiger partial charge in [0, 0.05) is 16.7 Å². The molecule has 2 unspecified atom stereocenters. The van der Waals surface area contributed by atoms with Gasteiger partial charge in [-0.25, -0.2) is 0 Å². The first-order chi connectivity index (χ1) is 15.3. The highest BCUT2D eigenvalue weighted by Crippen LogP contribution is 2.73. The maximum absolute atomic E-state index is 12.9. The number of benzene rings is 1. The van der Waals surface area contributed by atoms with Gasteiger partial charge in [-0.3, -0.25) is 0 Å². The number of rotatable bonds is 1. The van der Waals surface area contributed by atoms with Gasteiger partial charge in [-0.15, -0.1) is 0 Å². The molecular formula is C29H42O4. The zero-order valence-electron chi connectivity index (χ0n) is 21.0. The Bertz CT molecular complexity index is 969. The second-order valence-corrected chi connectivity index (χ2v) is 12.9. The third-order valence-corrected chi connectivity index (χ3v) is 11.3. The highest BCUT2D eigenvalue weighted by Gasteiger charge is 2.72. The standard InChI is InChI=1S/C29H42O4/c1-16-15-29(33)22(18-10-8-7-9-11-18)24-27(5)13-12-19(27)14-20(30)28(24,6)25(32)23(31)21(17(16)2)26(29,3)4/h7-11,16,19-20,22-25,30-33H,12-15H2,1-6H3/t16-,19+,20-,22?,23+,24?,25-,27+,28+,29+/m0/s1. The number of fused-ring (bicyclic) bond motifs is 5. The molecule has 0 heterocycles. The lowest BCUT2D eigenvalue weighted by Gasteiger charge is -2.71. The van der Waals surface area contributed by atoms with Crippen molar-refractivity contribution in [3.05, 3.63) is 47.0 Å². The van der Waals surface area contributed by atoms with Crippen LogP contribution in [-0.4, -0.2) is 44.3 Å². The summed E-state index contributed by atoms with van der Waals surface area (Å²) in [6.45, 7) is 12.5. The predicted octanol–water partition coefficient (Wildman–Crippen LogP) is 4.42. The summed E-state index contributed by atoms with van der Waals surface area (Å²) in [6.07, 6.45) is 0.370. The summed E-state index contributed by atoms with van der Waals surface area (Å²) in [4.78, 5) is 0.